The van der Waals surface area contributed by atoms with Crippen LogP contribution in [0.15, 0.2) is 21.2 Å². The molecule has 0 radical (unpaired) electrons. The Morgan fingerprint density at radius 1 is 1.29 bits per heavy atom. The molecule has 1 aliphatic rings. The van der Waals surface area contributed by atoms with Crippen molar-refractivity contribution in [1.82, 2.24) is 36.8 Å². The van der Waals surface area contributed by atoms with Gasteiger partial charge in [0.05, 0.1) is 6.54 Å². The maximum Gasteiger partial charge on any atom is 0.271 e. The molecule has 1 fully saturated rings. The Morgan fingerprint density at radius 2 is 2.00 bits per heavy atom. The molecule has 1 amide bonds. The number of aromatic nitrogens is 3. The average Bonchev–Trinajstić information content (AvgIpc) is 2.62. The van der Waals surface area contributed by atoms with Gasteiger partial charge < -0.3 is 17.4 Å². The number of carbonyl (C=O) groups is 1. The number of amides is 1. The molecule has 2 rings (SSSR count). The van der Waals surface area contributed by atoms with Gasteiger partial charge in [-0.3, -0.25) is 36.2 Å². The van der Waals surface area contributed by atoms with Gasteiger partial charge in [-0.05, 0) is 0 Å². The van der Waals surface area contributed by atoms with Crippen LogP contribution in [0.4, 0.5) is 5.95 Å². The molecule has 24 heavy (non-hydrogen) atoms. The van der Waals surface area contributed by atoms with Crippen LogP contribution in [-0.4, -0.2) is 39.6 Å². The maximum absolute atomic E-state index is 10.5. The Bertz CT molecular complexity index is 608. The summed E-state index contributed by atoms with van der Waals surface area (Å²) >= 11 is 0. The number of nitrogens with zero attached hydrogens (tertiary/aromatic N) is 4. The van der Waals surface area contributed by atoms with Crippen LogP contribution in [0.3, 0.4) is 0 Å². The first kappa shape index (κ1) is 20.3. The summed E-state index contributed by atoms with van der Waals surface area (Å²) in [4.78, 5) is 23.2. The zero-order valence-electron chi connectivity index (χ0n) is 12.3. The second kappa shape index (κ2) is 11.9. The van der Waals surface area contributed by atoms with Gasteiger partial charge >= 0.3 is 0 Å². The summed E-state index contributed by atoms with van der Waals surface area (Å²) < 4.78 is 0. The maximum atomic E-state index is 10.5. The molecule has 1 aliphatic heterocycles. The van der Waals surface area contributed by atoms with E-state index < -0.39 is 0 Å². The van der Waals surface area contributed by atoms with Gasteiger partial charge in [0.2, 0.25) is 23.8 Å². The highest BCUT2D eigenvalue weighted by Gasteiger charge is 2.09. The smallest absolute Gasteiger partial charge is 0.271 e. The fraction of sp³-hybridized carbons (Fsp3) is 0.143. The molecule has 1 aromatic rings. The van der Waals surface area contributed by atoms with E-state index in [4.69, 9.17) is 23.3 Å². The molecule has 17 nitrogen and oxygen atoms in total. The van der Waals surface area contributed by atoms with E-state index in [1.807, 2.05) is 5.43 Å². The van der Waals surface area contributed by atoms with Crippen molar-refractivity contribution in [2.24, 2.45) is 39.3 Å². The molecule has 0 aliphatic carbocycles. The van der Waals surface area contributed by atoms with Crippen LogP contribution in [0.1, 0.15) is 0 Å². The van der Waals surface area contributed by atoms with Crippen molar-refractivity contribution in [2.75, 3.05) is 12.0 Å². The molecule has 2 heterocycles. The summed E-state index contributed by atoms with van der Waals surface area (Å²) in [6, 6.07) is 0. The van der Waals surface area contributed by atoms with Gasteiger partial charge in [-0.15, -0.1) is 20.4 Å². The van der Waals surface area contributed by atoms with Crippen molar-refractivity contribution in [3.8, 4) is 0 Å². The predicted molar refractivity (Wildman–Crippen MR) is 84.5 cm³/mol. The largest absolute Gasteiger partial charge is 0.367 e. The topological polar surface area (TPSA) is 291 Å². The standard InChI is InChI=1S/C3H7N5O.C3H5N5O.CH7N5/c2*4-7-3-6-2(9)1-5-8-3;2-1(5-3)6-4/h5H,1,4H2,(H2,6,7,8,9);1H,4H2,(H2,6,7,8,9);3-4H2,(H3,2,5,6). The molecule has 17 heteroatoms. The molecule has 1 saturated heterocycles. The number of hydrazine groups is 3. The third-order valence-electron chi connectivity index (χ3n) is 1.84. The molecular formula is C7H19N15O2. The van der Waals surface area contributed by atoms with Crippen LogP contribution in [-0.2, 0) is 4.79 Å². The molecular weight excluding hydrogens is 326 g/mol. The molecule has 16 N–H and O–H groups in total. The highest BCUT2D eigenvalue weighted by Crippen LogP contribution is 1.79. The lowest BCUT2D eigenvalue weighted by Crippen LogP contribution is -2.57. The third kappa shape index (κ3) is 9.28. The van der Waals surface area contributed by atoms with Crippen molar-refractivity contribution < 1.29 is 4.79 Å². The summed E-state index contributed by atoms with van der Waals surface area (Å²) in [5.41, 5.74) is 13.8. The number of carbonyl (C=O) groups excluding carboxylic acids is 1. The molecule has 0 atom stereocenters. The molecule has 0 saturated carbocycles. The first-order chi connectivity index (χ1) is 11.5. The molecule has 0 unspecified atom stereocenters. The summed E-state index contributed by atoms with van der Waals surface area (Å²) in [5, 5.41) is 15.3. The molecule has 0 bridgehead atoms. The fourth-order valence-corrected chi connectivity index (χ4v) is 0.895. The third-order valence-corrected chi connectivity index (χ3v) is 1.84. The summed E-state index contributed by atoms with van der Waals surface area (Å²) in [6.45, 7) is 0.235. The molecule has 0 spiro atoms. The quantitative estimate of drug-likeness (QED) is 0.0977. The minimum absolute atomic E-state index is 0.0231. The van der Waals surface area contributed by atoms with Gasteiger partial charge in [-0.2, -0.15) is 0 Å². The van der Waals surface area contributed by atoms with Crippen LogP contribution in [0.25, 0.3) is 0 Å². The lowest BCUT2D eigenvalue weighted by molar-refractivity contribution is -0.119. The number of guanidine groups is 2. The zero-order chi connectivity index (χ0) is 18.4. The van der Waals surface area contributed by atoms with E-state index in [-0.39, 0.29) is 35.9 Å². The van der Waals surface area contributed by atoms with Crippen molar-refractivity contribution in [3.05, 3.63) is 16.6 Å². The number of rotatable bonds is 1. The Morgan fingerprint density at radius 3 is 2.33 bits per heavy atom. The van der Waals surface area contributed by atoms with E-state index in [2.05, 4.69) is 52.8 Å². The van der Waals surface area contributed by atoms with E-state index in [1.54, 1.807) is 0 Å². The second-order valence-corrected chi connectivity index (χ2v) is 3.49. The SMILES string of the molecule is N/N=C(\N)NN.N/N=C1/NNCC(=O)N1.NNc1nncc(=O)[nH]1. The van der Waals surface area contributed by atoms with E-state index in [1.165, 1.54) is 0 Å². The summed E-state index contributed by atoms with van der Waals surface area (Å²) in [7, 11) is 0. The van der Waals surface area contributed by atoms with Crippen molar-refractivity contribution in [1.29, 1.82) is 0 Å². The Hall–Kier alpha value is -3.70. The van der Waals surface area contributed by atoms with Crippen LogP contribution in [0.2, 0.25) is 0 Å². The first-order valence-corrected chi connectivity index (χ1v) is 5.92. The van der Waals surface area contributed by atoms with Crippen molar-refractivity contribution in [2.45, 2.75) is 0 Å². The predicted octanol–water partition coefficient (Wildman–Crippen LogP) is -6.47. The number of nitrogens with one attached hydrogen (secondary N) is 6. The summed E-state index contributed by atoms with van der Waals surface area (Å²) in [6.07, 6.45) is 1.06. The molecule has 1 aromatic heterocycles. The van der Waals surface area contributed by atoms with Gasteiger partial charge in [-0.1, -0.05) is 0 Å². The number of H-pyrrole nitrogens is 1. The number of hydrogen-bond donors (Lipinski definition) is 11. The minimum Gasteiger partial charge on any atom is -0.367 e. The minimum atomic E-state index is -0.335. The number of hydrogen-bond acceptors (Lipinski definition) is 12. The van der Waals surface area contributed by atoms with Gasteiger partial charge in [0.25, 0.3) is 5.56 Å². The first-order valence-electron chi connectivity index (χ1n) is 5.92. The average molecular weight is 345 g/mol. The van der Waals surface area contributed by atoms with Crippen LogP contribution >= 0.6 is 0 Å². The highest BCUT2D eigenvalue weighted by molar-refractivity contribution is 5.99. The highest BCUT2D eigenvalue weighted by atomic mass is 16.2. The number of aromatic amines is 1. The number of nitrogens with two attached hydrogens (primary N) is 5. The lowest BCUT2D eigenvalue weighted by Gasteiger charge is -2.15. The van der Waals surface area contributed by atoms with E-state index in [9.17, 15) is 9.59 Å². The second-order valence-electron chi connectivity index (χ2n) is 3.49. The van der Waals surface area contributed by atoms with Gasteiger partial charge in [0.15, 0.2) is 0 Å². The number of hydrazone groups is 2. The van der Waals surface area contributed by atoms with Gasteiger partial charge in [0, 0.05) is 0 Å². The molecule has 0 aromatic carbocycles. The van der Waals surface area contributed by atoms with Crippen LogP contribution < -0.4 is 61.7 Å². The van der Waals surface area contributed by atoms with Crippen molar-refractivity contribution >= 4 is 23.8 Å². The van der Waals surface area contributed by atoms with Crippen LogP contribution in [0.5, 0.6) is 0 Å². The number of nitrogen functional groups attached to an aromatic ring is 1. The van der Waals surface area contributed by atoms with Gasteiger partial charge in [-0.25, -0.2) is 17.1 Å². The number of anilines is 1. The van der Waals surface area contributed by atoms with Crippen LogP contribution in [0, 0.1) is 0 Å². The van der Waals surface area contributed by atoms with E-state index in [0.29, 0.717) is 0 Å². The molecule has 134 valence electrons. The van der Waals surface area contributed by atoms with E-state index >= 15 is 0 Å². The fourth-order valence-electron chi connectivity index (χ4n) is 0.895. The Labute approximate surface area is 134 Å². The zero-order valence-corrected chi connectivity index (χ0v) is 12.3. The summed E-state index contributed by atoms with van der Waals surface area (Å²) in [5.74, 6) is 19.3. The Balaban J connectivity index is 0.000000340. The lowest BCUT2D eigenvalue weighted by atomic mass is 10.6. The normalized spacial score (nSPS) is 14.8. The van der Waals surface area contributed by atoms with E-state index in [0.717, 1.165) is 6.20 Å². The van der Waals surface area contributed by atoms with Gasteiger partial charge in [0.1, 0.15) is 6.20 Å². The Kier molecular flexibility index (Phi) is 10.1. The van der Waals surface area contributed by atoms with Crippen molar-refractivity contribution in [3.63, 3.8) is 0 Å². The monoisotopic (exact) mass is 345 g/mol.